The zero-order valence-corrected chi connectivity index (χ0v) is 10.5. The van der Waals surface area contributed by atoms with Crippen LogP contribution in [0.1, 0.15) is 19.8 Å². The molecule has 4 heterocycles. The van der Waals surface area contributed by atoms with Crippen LogP contribution in [0.4, 0.5) is 0 Å². The first kappa shape index (κ1) is 11.2. The van der Waals surface area contributed by atoms with Crippen molar-refractivity contribution in [1.29, 1.82) is 0 Å². The summed E-state index contributed by atoms with van der Waals surface area (Å²) < 4.78 is 0. The summed E-state index contributed by atoms with van der Waals surface area (Å²) in [5.41, 5.74) is 2.20. The number of fused-ring (bicyclic) bond motifs is 3. The highest BCUT2D eigenvalue weighted by molar-refractivity contribution is 5.94. The number of amides is 1. The Hall–Kier alpha value is -0.870. The molecule has 0 radical (unpaired) electrons. The van der Waals surface area contributed by atoms with E-state index in [-0.39, 0.29) is 5.91 Å². The molecule has 4 rings (SSSR count). The summed E-state index contributed by atoms with van der Waals surface area (Å²) in [4.78, 5) is 14.6. The lowest BCUT2D eigenvalue weighted by atomic mass is 9.84. The molecule has 2 bridgehead atoms. The fraction of sp³-hybridized carbons (Fsp3) is 0.769. The highest BCUT2D eigenvalue weighted by Crippen LogP contribution is 2.27. The van der Waals surface area contributed by atoms with E-state index in [0.717, 1.165) is 25.2 Å². The van der Waals surface area contributed by atoms with Crippen LogP contribution >= 0.6 is 0 Å². The number of carbonyl (C=O) groups is 1. The molecule has 1 amide bonds. The van der Waals surface area contributed by atoms with Crippen LogP contribution in [0.5, 0.6) is 0 Å². The average Bonchev–Trinajstić information content (AvgIpc) is 2.28. The minimum absolute atomic E-state index is 0.153. The molecule has 1 atom stereocenters. The Morgan fingerprint density at radius 1 is 1.35 bits per heavy atom. The molecule has 17 heavy (non-hydrogen) atoms. The Labute approximate surface area is 102 Å². The van der Waals surface area contributed by atoms with Gasteiger partial charge in [-0.15, -0.1) is 0 Å². The quantitative estimate of drug-likeness (QED) is 0.668. The highest BCUT2D eigenvalue weighted by Gasteiger charge is 2.35. The van der Waals surface area contributed by atoms with Crippen LogP contribution in [0, 0.1) is 5.92 Å². The number of hydrogen-bond donors (Lipinski definition) is 2. The molecule has 4 nitrogen and oxygen atoms in total. The molecular formula is C13H21N3O. The number of nitrogens with one attached hydrogen (secondary N) is 2. The zero-order valence-electron chi connectivity index (χ0n) is 10.5. The second-order valence-corrected chi connectivity index (χ2v) is 5.55. The number of piperidine rings is 3. The van der Waals surface area contributed by atoms with Gasteiger partial charge in [0.25, 0.3) is 0 Å². The third kappa shape index (κ3) is 2.11. The van der Waals surface area contributed by atoms with Gasteiger partial charge in [-0.3, -0.25) is 4.79 Å². The molecule has 2 N–H and O–H groups in total. The minimum atomic E-state index is 0.153. The van der Waals surface area contributed by atoms with Crippen LogP contribution in [0.3, 0.4) is 0 Å². The Kier molecular flexibility index (Phi) is 2.92. The van der Waals surface area contributed by atoms with Crippen LogP contribution in [-0.2, 0) is 4.79 Å². The number of carbonyl (C=O) groups excluding carboxylic acids is 1. The maximum absolute atomic E-state index is 12.1. The van der Waals surface area contributed by atoms with Crippen molar-refractivity contribution >= 4 is 5.91 Å². The van der Waals surface area contributed by atoms with E-state index in [0.29, 0.717) is 12.0 Å². The Balaban J connectivity index is 1.61. The number of rotatable bonds is 2. The SMILES string of the molecule is CC(C(=O)NC1CN2CCC1CC2)=C1CNC1. The number of hydrogen-bond acceptors (Lipinski definition) is 3. The molecule has 94 valence electrons. The Bertz CT molecular complexity index is 350. The van der Waals surface area contributed by atoms with Crippen molar-refractivity contribution in [2.24, 2.45) is 5.92 Å². The second-order valence-electron chi connectivity index (χ2n) is 5.55. The lowest BCUT2D eigenvalue weighted by Crippen LogP contribution is -2.57. The maximum atomic E-state index is 12.1. The zero-order chi connectivity index (χ0) is 11.8. The third-order valence-corrected chi connectivity index (χ3v) is 4.52. The van der Waals surface area contributed by atoms with Crippen molar-refractivity contribution in [2.75, 3.05) is 32.7 Å². The molecule has 1 unspecified atom stereocenters. The van der Waals surface area contributed by atoms with Crippen LogP contribution < -0.4 is 10.6 Å². The normalized spacial score (nSPS) is 35.4. The molecule has 0 saturated carbocycles. The summed E-state index contributed by atoms with van der Waals surface area (Å²) in [5.74, 6) is 0.863. The predicted molar refractivity (Wildman–Crippen MR) is 66.7 cm³/mol. The second kappa shape index (κ2) is 4.42. The van der Waals surface area contributed by atoms with Crippen LogP contribution in [0.25, 0.3) is 0 Å². The van der Waals surface area contributed by atoms with Crippen LogP contribution in [0.15, 0.2) is 11.1 Å². The predicted octanol–water partition coefficient (Wildman–Crippen LogP) is 0.117. The van der Waals surface area contributed by atoms with Gasteiger partial charge in [0.15, 0.2) is 0 Å². The van der Waals surface area contributed by atoms with Gasteiger partial charge < -0.3 is 15.5 Å². The van der Waals surface area contributed by atoms with E-state index in [1.807, 2.05) is 6.92 Å². The summed E-state index contributed by atoms with van der Waals surface area (Å²) in [6, 6.07) is 0.383. The first-order valence-electron chi connectivity index (χ1n) is 6.66. The summed E-state index contributed by atoms with van der Waals surface area (Å²) >= 11 is 0. The van der Waals surface area contributed by atoms with Gasteiger partial charge in [-0.2, -0.15) is 0 Å². The summed E-state index contributed by atoms with van der Waals surface area (Å²) in [6.45, 7) is 7.23. The smallest absolute Gasteiger partial charge is 0.247 e. The van der Waals surface area contributed by atoms with Crippen molar-refractivity contribution < 1.29 is 4.79 Å². The van der Waals surface area contributed by atoms with E-state index in [9.17, 15) is 4.79 Å². The summed E-state index contributed by atoms with van der Waals surface area (Å²) in [7, 11) is 0. The average molecular weight is 235 g/mol. The molecule has 4 aliphatic heterocycles. The topological polar surface area (TPSA) is 44.4 Å². The van der Waals surface area contributed by atoms with Gasteiger partial charge in [0.2, 0.25) is 5.91 Å². The minimum Gasteiger partial charge on any atom is -0.348 e. The fourth-order valence-electron chi connectivity index (χ4n) is 3.08. The van der Waals surface area contributed by atoms with Crippen molar-refractivity contribution in [3.05, 3.63) is 11.1 Å². The van der Waals surface area contributed by atoms with E-state index in [2.05, 4.69) is 15.5 Å². The molecule has 4 aliphatic rings. The fourth-order valence-corrected chi connectivity index (χ4v) is 3.08. The summed E-state index contributed by atoms with van der Waals surface area (Å²) in [5, 5.41) is 6.41. The van der Waals surface area contributed by atoms with E-state index in [1.54, 1.807) is 0 Å². The maximum Gasteiger partial charge on any atom is 0.247 e. The lowest BCUT2D eigenvalue weighted by molar-refractivity contribution is -0.119. The molecule has 0 aromatic rings. The highest BCUT2D eigenvalue weighted by atomic mass is 16.1. The van der Waals surface area contributed by atoms with Crippen molar-refractivity contribution in [1.82, 2.24) is 15.5 Å². The molecule has 0 aromatic heterocycles. The molecule has 4 saturated heterocycles. The molecule has 4 heteroatoms. The first-order valence-corrected chi connectivity index (χ1v) is 6.66. The van der Waals surface area contributed by atoms with Gasteiger partial charge in [-0.05, 0) is 44.3 Å². The molecule has 0 aromatic carbocycles. The van der Waals surface area contributed by atoms with Crippen molar-refractivity contribution in [2.45, 2.75) is 25.8 Å². The lowest BCUT2D eigenvalue weighted by Gasteiger charge is -2.45. The van der Waals surface area contributed by atoms with Gasteiger partial charge in [-0.25, -0.2) is 0 Å². The van der Waals surface area contributed by atoms with E-state index >= 15 is 0 Å². The molecular weight excluding hydrogens is 214 g/mol. The van der Waals surface area contributed by atoms with E-state index in [4.69, 9.17) is 0 Å². The van der Waals surface area contributed by atoms with Gasteiger partial charge in [-0.1, -0.05) is 0 Å². The van der Waals surface area contributed by atoms with Gasteiger partial charge in [0.1, 0.15) is 0 Å². The van der Waals surface area contributed by atoms with E-state index < -0.39 is 0 Å². The Morgan fingerprint density at radius 2 is 2.06 bits per heavy atom. The first-order chi connectivity index (χ1) is 8.24. The van der Waals surface area contributed by atoms with Gasteiger partial charge in [0.05, 0.1) is 0 Å². The van der Waals surface area contributed by atoms with Gasteiger partial charge >= 0.3 is 0 Å². The summed E-state index contributed by atoms with van der Waals surface area (Å²) in [6.07, 6.45) is 2.50. The molecule has 0 aliphatic carbocycles. The van der Waals surface area contributed by atoms with Crippen LogP contribution in [-0.4, -0.2) is 49.6 Å². The van der Waals surface area contributed by atoms with Crippen molar-refractivity contribution in [3.63, 3.8) is 0 Å². The van der Waals surface area contributed by atoms with Gasteiger partial charge in [0, 0.05) is 31.2 Å². The largest absolute Gasteiger partial charge is 0.348 e. The van der Waals surface area contributed by atoms with E-state index in [1.165, 1.54) is 31.5 Å². The number of nitrogens with zero attached hydrogens (tertiary/aromatic N) is 1. The Morgan fingerprint density at radius 3 is 2.53 bits per heavy atom. The standard InChI is InChI=1S/C13H21N3O/c1-9(11-6-14-7-11)13(17)15-12-8-16-4-2-10(12)3-5-16/h10,12,14H,2-8H2,1H3,(H,15,17). The molecule has 4 fully saturated rings. The monoisotopic (exact) mass is 235 g/mol. The van der Waals surface area contributed by atoms with Crippen LogP contribution in [0.2, 0.25) is 0 Å². The molecule has 0 spiro atoms. The third-order valence-electron chi connectivity index (χ3n) is 4.52. The van der Waals surface area contributed by atoms with Crippen molar-refractivity contribution in [3.8, 4) is 0 Å².